The molecule has 1 aliphatic rings. The number of rotatable bonds is 12. The van der Waals surface area contributed by atoms with Gasteiger partial charge in [0, 0.05) is 53.4 Å². The maximum absolute atomic E-state index is 15.2. The molecule has 3 unspecified atom stereocenters. The van der Waals surface area contributed by atoms with Crippen LogP contribution in [0.25, 0.3) is 22.2 Å². The maximum Gasteiger partial charge on any atom is 0.419 e. The number of nitriles is 1. The highest BCUT2D eigenvalue weighted by molar-refractivity contribution is 5.82. The molecule has 0 aliphatic carbocycles. The number of likely N-dealkylation sites (N-methyl/N-ethyl adjacent to an activating group) is 1. The largest absolute Gasteiger partial charge is 0.419 e. The first-order chi connectivity index (χ1) is 20.3. The molecule has 0 radical (unpaired) electrons. The molecule has 226 valence electrons. The lowest BCUT2D eigenvalue weighted by Crippen LogP contribution is -2.49. The summed E-state index contributed by atoms with van der Waals surface area (Å²) in [5.41, 5.74) is 2.69. The fourth-order valence-electron chi connectivity index (χ4n) is 4.84. The zero-order valence-electron chi connectivity index (χ0n) is 24.2. The van der Waals surface area contributed by atoms with Crippen LogP contribution in [0, 0.1) is 17.1 Å². The number of fused-ring (bicyclic) bond motifs is 1. The van der Waals surface area contributed by atoms with Crippen molar-refractivity contribution in [2.75, 3.05) is 60.7 Å². The third-order valence-corrected chi connectivity index (χ3v) is 7.42. The number of benzene rings is 2. The summed E-state index contributed by atoms with van der Waals surface area (Å²) in [6.07, 6.45) is -0.106. The third-order valence-electron chi connectivity index (χ3n) is 7.42. The predicted octanol–water partition coefficient (Wildman–Crippen LogP) is 1.92. The number of ether oxygens (including phenoxy) is 3. The average molecular weight is 584 g/mol. The van der Waals surface area contributed by atoms with Crippen molar-refractivity contribution in [1.29, 1.82) is 5.26 Å². The summed E-state index contributed by atoms with van der Waals surface area (Å²) >= 11 is 0. The number of halogens is 1. The van der Waals surface area contributed by atoms with E-state index in [0.29, 0.717) is 67.1 Å². The summed E-state index contributed by atoms with van der Waals surface area (Å²) in [5, 5.41) is 15.5. The number of carbonyl (C=O) groups is 1. The highest BCUT2D eigenvalue weighted by atomic mass is 19.1. The average Bonchev–Trinajstić information content (AvgIpc) is 3.29. The summed E-state index contributed by atoms with van der Waals surface area (Å²) < 4.78 is 38.3. The van der Waals surface area contributed by atoms with E-state index in [1.165, 1.54) is 6.07 Å². The molecule has 3 aromatic rings. The second-order valence-corrected chi connectivity index (χ2v) is 10.4. The molecular formula is C30H38FN5O6. The van der Waals surface area contributed by atoms with Crippen molar-refractivity contribution in [3.8, 4) is 17.2 Å². The van der Waals surface area contributed by atoms with E-state index in [1.54, 1.807) is 49.1 Å². The van der Waals surface area contributed by atoms with Gasteiger partial charge in [-0.2, -0.15) is 5.26 Å². The molecule has 1 amide bonds. The fraction of sp³-hybridized carbons (Fsp3) is 0.500. The molecule has 42 heavy (non-hydrogen) atoms. The Morgan fingerprint density at radius 2 is 2.02 bits per heavy atom. The minimum absolute atomic E-state index is 0.00283. The van der Waals surface area contributed by atoms with Crippen LogP contribution >= 0.6 is 0 Å². The summed E-state index contributed by atoms with van der Waals surface area (Å²) in [5.74, 6) is -1.37. The fourth-order valence-corrected chi connectivity index (χ4v) is 4.84. The molecule has 4 rings (SSSR count). The number of hydrogen-bond donors (Lipinski definition) is 2. The molecule has 2 N–H and O–H groups in total. The number of nitrogens with one attached hydrogen (secondary N) is 2. The van der Waals surface area contributed by atoms with Crippen LogP contribution in [-0.4, -0.2) is 94.3 Å². The molecular weight excluding hydrogens is 545 g/mol. The first kappa shape index (κ1) is 31.3. The van der Waals surface area contributed by atoms with Crippen molar-refractivity contribution < 1.29 is 27.8 Å². The van der Waals surface area contributed by atoms with Crippen molar-refractivity contribution in [1.82, 2.24) is 20.1 Å². The Balaban J connectivity index is 1.43. The van der Waals surface area contributed by atoms with Crippen LogP contribution in [0.5, 0.6) is 0 Å². The molecule has 12 heteroatoms. The van der Waals surface area contributed by atoms with Crippen LogP contribution in [0.15, 0.2) is 45.6 Å². The number of methoxy groups -OCH3 is 2. The Hall–Kier alpha value is -3.60. The van der Waals surface area contributed by atoms with Crippen LogP contribution in [0.4, 0.5) is 4.39 Å². The zero-order valence-corrected chi connectivity index (χ0v) is 24.2. The van der Waals surface area contributed by atoms with Crippen molar-refractivity contribution in [2.24, 2.45) is 0 Å². The Morgan fingerprint density at radius 3 is 2.76 bits per heavy atom. The quantitative estimate of drug-likeness (QED) is 0.328. The maximum atomic E-state index is 15.2. The molecule has 0 spiro atoms. The van der Waals surface area contributed by atoms with E-state index in [-0.39, 0.29) is 19.1 Å². The van der Waals surface area contributed by atoms with Crippen LogP contribution in [0.3, 0.4) is 0 Å². The molecule has 2 heterocycles. The molecule has 1 saturated heterocycles. The number of amides is 1. The molecule has 3 atom stereocenters. The van der Waals surface area contributed by atoms with Crippen molar-refractivity contribution in [2.45, 2.75) is 37.6 Å². The lowest BCUT2D eigenvalue weighted by atomic mass is 10.00. The van der Waals surface area contributed by atoms with Gasteiger partial charge in [0.2, 0.25) is 0 Å². The molecule has 1 aromatic heterocycles. The monoisotopic (exact) mass is 583 g/mol. The number of carbonyl (C=O) groups excluding carboxylic acids is 1. The summed E-state index contributed by atoms with van der Waals surface area (Å²) in [7, 11) is 5.22. The molecule has 0 saturated carbocycles. The Labute approximate surface area is 244 Å². The Morgan fingerprint density at radius 1 is 1.24 bits per heavy atom. The molecule has 11 nitrogen and oxygen atoms in total. The highest BCUT2D eigenvalue weighted by Gasteiger charge is 2.25. The van der Waals surface area contributed by atoms with Gasteiger partial charge in [0.05, 0.1) is 30.9 Å². The van der Waals surface area contributed by atoms with E-state index in [9.17, 15) is 14.9 Å². The predicted molar refractivity (Wildman–Crippen MR) is 155 cm³/mol. The summed E-state index contributed by atoms with van der Waals surface area (Å²) in [6, 6.07) is 11.1. The van der Waals surface area contributed by atoms with Gasteiger partial charge in [-0.1, -0.05) is 18.2 Å². The van der Waals surface area contributed by atoms with E-state index < -0.39 is 29.6 Å². The summed E-state index contributed by atoms with van der Waals surface area (Å²) in [4.78, 5) is 27.3. The Bertz CT molecular complexity index is 1440. The molecule has 1 fully saturated rings. The van der Waals surface area contributed by atoms with Crippen LogP contribution in [-0.2, 0) is 32.0 Å². The van der Waals surface area contributed by atoms with E-state index in [1.807, 2.05) is 7.05 Å². The van der Waals surface area contributed by atoms with Gasteiger partial charge >= 0.3 is 5.76 Å². The highest BCUT2D eigenvalue weighted by Crippen LogP contribution is 2.26. The second kappa shape index (κ2) is 15.0. The number of hydrogen-bond acceptors (Lipinski definition) is 9. The molecule has 2 aromatic carbocycles. The third kappa shape index (κ3) is 8.02. The van der Waals surface area contributed by atoms with E-state index in [2.05, 4.69) is 21.6 Å². The SMILES string of the molecule is COCCN(C)CCn1c(=O)oc2ccc(-c3ccc(CC(C#N)NC(=O)C4CNCC(OC)CCO4)c(F)c3)cc21. The van der Waals surface area contributed by atoms with Crippen LogP contribution in [0.1, 0.15) is 12.0 Å². The minimum atomic E-state index is -0.933. The summed E-state index contributed by atoms with van der Waals surface area (Å²) in [6.45, 7) is 3.62. The number of nitrogens with zero attached hydrogens (tertiary/aromatic N) is 3. The second-order valence-electron chi connectivity index (χ2n) is 10.4. The number of aromatic nitrogens is 1. The standard InChI is InChI=1S/C30H38FN5O6/c1-35(11-13-39-2)9-10-36-26-16-21(6-7-27(26)42-30(36)38)20-4-5-22(25(31)15-20)14-23(17-32)34-29(37)28-19-33-18-24(40-3)8-12-41-28/h4-7,15-16,23-24,28,33H,8-14,18-19H2,1-3H3,(H,34,37). The normalized spacial score (nSPS) is 18.4. The Kier molecular flexibility index (Phi) is 11.2. The lowest BCUT2D eigenvalue weighted by Gasteiger charge is -2.25. The lowest BCUT2D eigenvalue weighted by molar-refractivity contribution is -0.134. The van der Waals surface area contributed by atoms with Crippen LogP contribution in [0.2, 0.25) is 0 Å². The van der Waals surface area contributed by atoms with Gasteiger partial charge in [-0.25, -0.2) is 9.18 Å². The van der Waals surface area contributed by atoms with Crippen molar-refractivity contribution >= 4 is 17.0 Å². The van der Waals surface area contributed by atoms with Gasteiger partial charge in [0.25, 0.3) is 5.91 Å². The van der Waals surface area contributed by atoms with Gasteiger partial charge in [0.1, 0.15) is 18.0 Å². The number of oxazole rings is 1. The van der Waals surface area contributed by atoms with Gasteiger partial charge in [-0.3, -0.25) is 9.36 Å². The smallest absolute Gasteiger partial charge is 0.408 e. The van der Waals surface area contributed by atoms with Crippen molar-refractivity contribution in [3.05, 3.63) is 58.3 Å². The molecule has 1 aliphatic heterocycles. The van der Waals surface area contributed by atoms with Gasteiger partial charge in [-0.15, -0.1) is 0 Å². The van der Waals surface area contributed by atoms with E-state index in [4.69, 9.17) is 18.6 Å². The van der Waals surface area contributed by atoms with Gasteiger partial charge in [0.15, 0.2) is 5.58 Å². The topological polar surface area (TPSA) is 131 Å². The first-order valence-corrected chi connectivity index (χ1v) is 14.0. The van der Waals surface area contributed by atoms with E-state index >= 15 is 4.39 Å². The van der Waals surface area contributed by atoms with E-state index in [0.717, 1.165) is 6.54 Å². The van der Waals surface area contributed by atoms with Gasteiger partial charge in [-0.05, 0) is 48.4 Å². The zero-order chi connectivity index (χ0) is 30.1. The van der Waals surface area contributed by atoms with Crippen molar-refractivity contribution in [3.63, 3.8) is 0 Å². The van der Waals surface area contributed by atoms with Gasteiger partial charge < -0.3 is 34.2 Å². The van der Waals surface area contributed by atoms with Crippen LogP contribution < -0.4 is 16.4 Å². The minimum Gasteiger partial charge on any atom is -0.408 e. The molecule has 0 bridgehead atoms. The first-order valence-electron chi connectivity index (χ1n) is 14.0.